The average Bonchev–Trinajstić information content (AvgIpc) is 2.48. The van der Waals surface area contributed by atoms with Gasteiger partial charge in [-0.15, -0.1) is 11.8 Å². The first-order valence-corrected chi connectivity index (χ1v) is 8.83. The molecule has 0 heterocycles. The molecule has 0 aliphatic heterocycles. The summed E-state index contributed by atoms with van der Waals surface area (Å²) in [5.41, 5.74) is 0. The molecule has 0 aliphatic carbocycles. The SMILES string of the molecule is CC(C)NC(=O)NC(=O)[C@@H](C)OC(=O)CCSc1ccc(Cl)cc1. The summed E-state index contributed by atoms with van der Waals surface area (Å²) in [6, 6.07) is 6.56. The van der Waals surface area contributed by atoms with Crippen molar-refractivity contribution in [3.8, 4) is 0 Å². The quantitative estimate of drug-likeness (QED) is 0.567. The van der Waals surface area contributed by atoms with E-state index in [1.54, 1.807) is 26.0 Å². The number of urea groups is 1. The van der Waals surface area contributed by atoms with Crippen LogP contribution in [0.3, 0.4) is 0 Å². The maximum atomic E-state index is 11.7. The second kappa shape index (κ2) is 10.2. The van der Waals surface area contributed by atoms with Gasteiger partial charge in [-0.05, 0) is 45.0 Å². The number of imide groups is 1. The Kier molecular flexibility index (Phi) is 8.63. The van der Waals surface area contributed by atoms with E-state index in [4.69, 9.17) is 16.3 Å². The van der Waals surface area contributed by atoms with Crippen LogP contribution in [0.5, 0.6) is 0 Å². The summed E-state index contributed by atoms with van der Waals surface area (Å²) >= 11 is 7.28. The van der Waals surface area contributed by atoms with Crippen LogP contribution in [-0.2, 0) is 14.3 Å². The number of carbonyl (C=O) groups excluding carboxylic acids is 3. The Bertz CT molecular complexity index is 578. The minimum atomic E-state index is -1.03. The summed E-state index contributed by atoms with van der Waals surface area (Å²) in [5, 5.41) is 5.29. The van der Waals surface area contributed by atoms with Gasteiger partial charge in [-0.2, -0.15) is 0 Å². The molecule has 6 nitrogen and oxygen atoms in total. The number of halogens is 1. The third-order valence-electron chi connectivity index (χ3n) is 2.72. The summed E-state index contributed by atoms with van der Waals surface area (Å²) in [7, 11) is 0. The fourth-order valence-electron chi connectivity index (χ4n) is 1.60. The Morgan fingerprint density at radius 2 is 1.79 bits per heavy atom. The van der Waals surface area contributed by atoms with Crippen LogP contribution < -0.4 is 10.6 Å². The molecule has 8 heteroatoms. The smallest absolute Gasteiger partial charge is 0.321 e. The summed E-state index contributed by atoms with van der Waals surface area (Å²) < 4.78 is 5.01. The molecule has 1 atom stereocenters. The van der Waals surface area contributed by atoms with E-state index in [1.165, 1.54) is 18.7 Å². The first-order chi connectivity index (χ1) is 11.3. The van der Waals surface area contributed by atoms with Crippen molar-refractivity contribution in [3.63, 3.8) is 0 Å². The van der Waals surface area contributed by atoms with Crippen LogP contribution in [0.1, 0.15) is 27.2 Å². The number of nitrogens with one attached hydrogen (secondary N) is 2. The first-order valence-electron chi connectivity index (χ1n) is 7.47. The minimum Gasteiger partial charge on any atom is -0.453 e. The van der Waals surface area contributed by atoms with Gasteiger partial charge in [0.05, 0.1) is 6.42 Å². The maximum absolute atomic E-state index is 11.7. The van der Waals surface area contributed by atoms with Crippen molar-refractivity contribution in [1.29, 1.82) is 0 Å². The average molecular weight is 373 g/mol. The molecule has 0 aliphatic rings. The second-order valence-electron chi connectivity index (χ2n) is 5.30. The normalized spacial score (nSPS) is 11.7. The van der Waals surface area contributed by atoms with Crippen molar-refractivity contribution in [3.05, 3.63) is 29.3 Å². The van der Waals surface area contributed by atoms with E-state index < -0.39 is 24.0 Å². The zero-order valence-electron chi connectivity index (χ0n) is 13.8. The zero-order valence-corrected chi connectivity index (χ0v) is 15.4. The lowest BCUT2D eigenvalue weighted by Crippen LogP contribution is -2.46. The van der Waals surface area contributed by atoms with Gasteiger partial charge in [0, 0.05) is 21.7 Å². The Morgan fingerprint density at radius 3 is 2.38 bits per heavy atom. The Morgan fingerprint density at radius 1 is 1.17 bits per heavy atom. The molecule has 1 aromatic carbocycles. The summed E-state index contributed by atoms with van der Waals surface area (Å²) in [4.78, 5) is 35.9. The second-order valence-corrected chi connectivity index (χ2v) is 6.91. The van der Waals surface area contributed by atoms with Crippen molar-refractivity contribution in [2.24, 2.45) is 0 Å². The maximum Gasteiger partial charge on any atom is 0.321 e. The van der Waals surface area contributed by atoms with Gasteiger partial charge in [0.25, 0.3) is 5.91 Å². The standard InChI is InChI=1S/C16H21ClN2O4S/c1-10(2)18-16(22)19-15(21)11(3)23-14(20)8-9-24-13-6-4-12(17)5-7-13/h4-7,10-11H,8-9H2,1-3H3,(H2,18,19,21,22)/t11-/m1/s1. The molecule has 0 saturated carbocycles. The van der Waals surface area contributed by atoms with Crippen LogP contribution >= 0.6 is 23.4 Å². The van der Waals surface area contributed by atoms with Crippen LogP contribution in [0, 0.1) is 0 Å². The Hall–Kier alpha value is -1.73. The highest BCUT2D eigenvalue weighted by atomic mass is 35.5. The van der Waals surface area contributed by atoms with Crippen LogP contribution in [0.2, 0.25) is 5.02 Å². The number of esters is 1. The minimum absolute atomic E-state index is 0.0967. The lowest BCUT2D eigenvalue weighted by atomic mass is 10.3. The molecule has 0 unspecified atom stereocenters. The van der Waals surface area contributed by atoms with E-state index in [0.717, 1.165) is 4.90 Å². The number of benzene rings is 1. The monoisotopic (exact) mass is 372 g/mol. The van der Waals surface area contributed by atoms with Gasteiger partial charge in [0.1, 0.15) is 0 Å². The lowest BCUT2D eigenvalue weighted by molar-refractivity contribution is -0.154. The van der Waals surface area contributed by atoms with E-state index in [9.17, 15) is 14.4 Å². The number of thioether (sulfide) groups is 1. The molecule has 24 heavy (non-hydrogen) atoms. The lowest BCUT2D eigenvalue weighted by Gasteiger charge is -2.14. The summed E-state index contributed by atoms with van der Waals surface area (Å²) in [5.74, 6) is -0.641. The molecule has 3 amide bonds. The van der Waals surface area contributed by atoms with E-state index in [1.807, 2.05) is 12.1 Å². The van der Waals surface area contributed by atoms with Crippen LogP contribution in [0.15, 0.2) is 29.2 Å². The Labute approximate surface area is 150 Å². The number of carbonyl (C=O) groups is 3. The summed E-state index contributed by atoms with van der Waals surface area (Å²) in [6.45, 7) is 4.96. The summed E-state index contributed by atoms with van der Waals surface area (Å²) in [6.07, 6.45) is -0.876. The van der Waals surface area contributed by atoms with Gasteiger partial charge in [-0.3, -0.25) is 14.9 Å². The number of hydrogen-bond donors (Lipinski definition) is 2. The molecule has 0 radical (unpaired) electrons. The van der Waals surface area contributed by atoms with Crippen molar-refractivity contribution in [2.45, 2.75) is 44.2 Å². The van der Waals surface area contributed by atoms with E-state index in [2.05, 4.69) is 10.6 Å². The van der Waals surface area contributed by atoms with Crippen LogP contribution in [0.25, 0.3) is 0 Å². The highest BCUT2D eigenvalue weighted by Crippen LogP contribution is 2.21. The third-order valence-corrected chi connectivity index (χ3v) is 3.99. The van der Waals surface area contributed by atoms with Gasteiger partial charge in [0.2, 0.25) is 0 Å². The molecule has 0 spiro atoms. The molecule has 1 aromatic rings. The Balaban J connectivity index is 2.29. The number of amides is 3. The van der Waals surface area contributed by atoms with Gasteiger partial charge < -0.3 is 10.1 Å². The molecule has 1 rings (SSSR count). The van der Waals surface area contributed by atoms with Gasteiger partial charge in [-0.25, -0.2) is 4.79 Å². The predicted molar refractivity (Wildman–Crippen MR) is 94.2 cm³/mol. The van der Waals surface area contributed by atoms with Crippen LogP contribution in [-0.4, -0.2) is 35.8 Å². The molecule has 0 saturated heterocycles. The molecular weight excluding hydrogens is 352 g/mol. The van der Waals surface area contributed by atoms with E-state index >= 15 is 0 Å². The molecule has 0 bridgehead atoms. The highest BCUT2D eigenvalue weighted by molar-refractivity contribution is 7.99. The predicted octanol–water partition coefficient (Wildman–Crippen LogP) is 2.99. The van der Waals surface area contributed by atoms with Crippen LogP contribution in [0.4, 0.5) is 4.79 Å². The molecule has 0 aromatic heterocycles. The van der Waals surface area contributed by atoms with Crippen molar-refractivity contribution in [2.75, 3.05) is 5.75 Å². The van der Waals surface area contributed by atoms with Gasteiger partial charge >= 0.3 is 12.0 Å². The fourth-order valence-corrected chi connectivity index (χ4v) is 2.56. The molecular formula is C16H21ClN2O4S. The number of ether oxygens (including phenoxy) is 1. The van der Waals surface area contributed by atoms with Gasteiger partial charge in [0.15, 0.2) is 6.10 Å². The third kappa shape index (κ3) is 8.21. The largest absolute Gasteiger partial charge is 0.453 e. The number of hydrogen-bond acceptors (Lipinski definition) is 5. The molecule has 2 N–H and O–H groups in total. The van der Waals surface area contributed by atoms with Gasteiger partial charge in [-0.1, -0.05) is 11.6 Å². The van der Waals surface area contributed by atoms with E-state index in [0.29, 0.717) is 10.8 Å². The first kappa shape index (κ1) is 20.3. The van der Waals surface area contributed by atoms with Crippen molar-refractivity contribution < 1.29 is 19.1 Å². The topological polar surface area (TPSA) is 84.5 Å². The molecule has 0 fully saturated rings. The van der Waals surface area contributed by atoms with E-state index in [-0.39, 0.29) is 12.5 Å². The van der Waals surface area contributed by atoms with Crippen molar-refractivity contribution in [1.82, 2.24) is 10.6 Å². The molecule has 132 valence electrons. The van der Waals surface area contributed by atoms with Crippen molar-refractivity contribution >= 4 is 41.3 Å². The fraction of sp³-hybridized carbons (Fsp3) is 0.438. The zero-order chi connectivity index (χ0) is 18.1. The highest BCUT2D eigenvalue weighted by Gasteiger charge is 2.20. The number of rotatable bonds is 7.